The number of halogens is 1. The molecule has 0 unspecified atom stereocenters. The number of hydrogen-bond donors (Lipinski definition) is 0. The van der Waals surface area contributed by atoms with Crippen LogP contribution in [-0.2, 0) is 4.79 Å². The number of methoxy groups -OCH3 is 1. The molecule has 120 valence electrons. The van der Waals surface area contributed by atoms with E-state index < -0.39 is 5.97 Å². The van der Waals surface area contributed by atoms with Gasteiger partial charge >= 0.3 is 5.97 Å². The van der Waals surface area contributed by atoms with Gasteiger partial charge < -0.3 is 14.2 Å². The molecule has 0 aliphatic carbocycles. The molecule has 0 aliphatic rings. The molecule has 0 spiro atoms. The maximum atomic E-state index is 12.0. The zero-order valence-electron chi connectivity index (χ0n) is 12.7. The molecule has 0 aliphatic heterocycles. The van der Waals surface area contributed by atoms with Gasteiger partial charge in [-0.2, -0.15) is 0 Å². The van der Waals surface area contributed by atoms with Crippen LogP contribution in [0.15, 0.2) is 40.9 Å². The van der Waals surface area contributed by atoms with E-state index in [4.69, 9.17) is 14.2 Å². The van der Waals surface area contributed by atoms with E-state index in [-0.39, 0.29) is 17.9 Å². The molecule has 23 heavy (non-hydrogen) atoms. The Bertz CT molecular complexity index is 727. The van der Waals surface area contributed by atoms with Gasteiger partial charge in [0.2, 0.25) is 0 Å². The number of esters is 1. The average molecular weight is 379 g/mol. The fourth-order valence-electron chi connectivity index (χ4n) is 1.95. The summed E-state index contributed by atoms with van der Waals surface area (Å²) in [4.78, 5) is 23.0. The van der Waals surface area contributed by atoms with Crippen molar-refractivity contribution in [1.82, 2.24) is 0 Å². The van der Waals surface area contributed by atoms with Gasteiger partial charge in [-0.05, 0) is 42.8 Å². The highest BCUT2D eigenvalue weighted by molar-refractivity contribution is 9.10. The lowest BCUT2D eigenvalue weighted by atomic mass is 10.2. The zero-order valence-corrected chi connectivity index (χ0v) is 14.3. The predicted octanol–water partition coefficient (Wildman–Crippen LogP) is 3.56. The summed E-state index contributed by atoms with van der Waals surface area (Å²) < 4.78 is 16.7. The largest absolute Gasteiger partial charge is 0.493 e. The van der Waals surface area contributed by atoms with Gasteiger partial charge in [-0.25, -0.2) is 4.79 Å². The van der Waals surface area contributed by atoms with Crippen LogP contribution in [0.25, 0.3) is 0 Å². The van der Waals surface area contributed by atoms with Crippen LogP contribution < -0.4 is 14.2 Å². The van der Waals surface area contributed by atoms with Gasteiger partial charge in [-0.3, -0.25) is 4.79 Å². The normalized spacial score (nSPS) is 10.0. The van der Waals surface area contributed by atoms with Crippen LogP contribution in [0.2, 0.25) is 0 Å². The topological polar surface area (TPSA) is 61.8 Å². The standard InChI is InChI=1S/C17H15BrO5/c1-11-8-13(18)6-7-14(11)22-10-16(20)23-17-12(9-19)4-3-5-15(17)21-2/h3-9H,10H2,1-2H3. The Kier molecular flexibility index (Phi) is 5.76. The Balaban J connectivity index is 2.07. The third-order valence-electron chi connectivity index (χ3n) is 3.05. The number of hydrogen-bond acceptors (Lipinski definition) is 5. The molecule has 0 N–H and O–H groups in total. The smallest absolute Gasteiger partial charge is 0.349 e. The summed E-state index contributed by atoms with van der Waals surface area (Å²) in [5.41, 5.74) is 1.12. The number of aldehydes is 1. The number of carbonyl (C=O) groups is 2. The van der Waals surface area contributed by atoms with Crippen molar-refractivity contribution in [2.24, 2.45) is 0 Å². The van der Waals surface area contributed by atoms with E-state index in [0.29, 0.717) is 17.8 Å². The molecule has 2 rings (SSSR count). The molecule has 0 amide bonds. The van der Waals surface area contributed by atoms with Gasteiger partial charge in [0.15, 0.2) is 24.4 Å². The second-order valence-electron chi connectivity index (χ2n) is 4.67. The first kappa shape index (κ1) is 17.0. The fourth-order valence-corrected chi connectivity index (χ4v) is 2.43. The molecule has 0 saturated carbocycles. The average Bonchev–Trinajstić information content (AvgIpc) is 2.54. The minimum atomic E-state index is -0.625. The first-order chi connectivity index (χ1) is 11.0. The van der Waals surface area contributed by atoms with Crippen molar-refractivity contribution in [1.29, 1.82) is 0 Å². The summed E-state index contributed by atoms with van der Waals surface area (Å²) in [7, 11) is 1.43. The molecule has 0 atom stereocenters. The Labute approximate surface area is 142 Å². The van der Waals surface area contributed by atoms with E-state index in [2.05, 4.69) is 15.9 Å². The molecular weight excluding hydrogens is 364 g/mol. The summed E-state index contributed by atoms with van der Waals surface area (Å²) in [6.45, 7) is 1.59. The Morgan fingerprint density at radius 1 is 1.22 bits per heavy atom. The molecule has 0 fully saturated rings. The van der Waals surface area contributed by atoms with Crippen LogP contribution in [0, 0.1) is 6.92 Å². The molecule has 0 saturated heterocycles. The summed E-state index contributed by atoms with van der Waals surface area (Å²) >= 11 is 3.36. The SMILES string of the molecule is COc1cccc(C=O)c1OC(=O)COc1ccc(Br)cc1C. The van der Waals surface area contributed by atoms with E-state index in [0.717, 1.165) is 10.0 Å². The number of ether oxygens (including phenoxy) is 3. The first-order valence-corrected chi connectivity index (χ1v) is 7.56. The van der Waals surface area contributed by atoms with Crippen molar-refractivity contribution in [3.05, 3.63) is 52.0 Å². The summed E-state index contributed by atoms with van der Waals surface area (Å²) in [5.74, 6) is 0.356. The van der Waals surface area contributed by atoms with Crippen LogP contribution in [0.5, 0.6) is 17.2 Å². The van der Waals surface area contributed by atoms with Gasteiger partial charge in [-0.1, -0.05) is 22.0 Å². The zero-order chi connectivity index (χ0) is 16.8. The predicted molar refractivity (Wildman–Crippen MR) is 88.4 cm³/mol. The van der Waals surface area contributed by atoms with Crippen molar-refractivity contribution >= 4 is 28.2 Å². The lowest BCUT2D eigenvalue weighted by Gasteiger charge is -2.12. The lowest BCUT2D eigenvalue weighted by molar-refractivity contribution is -0.136. The molecule has 5 nitrogen and oxygen atoms in total. The molecular formula is C17H15BrO5. The Morgan fingerprint density at radius 3 is 2.65 bits per heavy atom. The van der Waals surface area contributed by atoms with Gasteiger partial charge in [0, 0.05) is 4.47 Å². The van der Waals surface area contributed by atoms with Gasteiger partial charge in [0.1, 0.15) is 5.75 Å². The van der Waals surface area contributed by atoms with E-state index in [9.17, 15) is 9.59 Å². The highest BCUT2D eigenvalue weighted by Crippen LogP contribution is 2.30. The van der Waals surface area contributed by atoms with Crippen molar-refractivity contribution in [2.75, 3.05) is 13.7 Å². The van der Waals surface area contributed by atoms with E-state index >= 15 is 0 Å². The minimum Gasteiger partial charge on any atom is -0.493 e. The number of aryl methyl sites for hydroxylation is 1. The van der Waals surface area contributed by atoms with E-state index in [1.807, 2.05) is 19.1 Å². The second-order valence-corrected chi connectivity index (χ2v) is 5.58. The molecule has 0 radical (unpaired) electrons. The lowest BCUT2D eigenvalue weighted by Crippen LogP contribution is -2.19. The van der Waals surface area contributed by atoms with Gasteiger partial charge in [-0.15, -0.1) is 0 Å². The third kappa shape index (κ3) is 4.32. The van der Waals surface area contributed by atoms with Crippen molar-refractivity contribution in [2.45, 2.75) is 6.92 Å². The quantitative estimate of drug-likeness (QED) is 0.436. The van der Waals surface area contributed by atoms with Crippen molar-refractivity contribution in [3.63, 3.8) is 0 Å². The van der Waals surface area contributed by atoms with Crippen LogP contribution in [-0.4, -0.2) is 26.0 Å². The maximum absolute atomic E-state index is 12.0. The Hall–Kier alpha value is -2.34. The number of para-hydroxylation sites is 1. The molecule has 2 aromatic rings. The van der Waals surface area contributed by atoms with Gasteiger partial charge in [0.25, 0.3) is 0 Å². The first-order valence-electron chi connectivity index (χ1n) is 6.77. The summed E-state index contributed by atoms with van der Waals surface area (Å²) in [6, 6.07) is 10.2. The molecule has 0 heterocycles. The second kappa shape index (κ2) is 7.78. The molecule has 6 heteroatoms. The highest BCUT2D eigenvalue weighted by Gasteiger charge is 2.15. The van der Waals surface area contributed by atoms with E-state index in [1.54, 1.807) is 18.2 Å². The van der Waals surface area contributed by atoms with Crippen LogP contribution >= 0.6 is 15.9 Å². The Morgan fingerprint density at radius 2 is 2.00 bits per heavy atom. The number of carbonyl (C=O) groups excluding carboxylic acids is 2. The molecule has 2 aromatic carbocycles. The van der Waals surface area contributed by atoms with Crippen molar-refractivity contribution in [3.8, 4) is 17.2 Å². The number of rotatable bonds is 6. The van der Waals surface area contributed by atoms with Crippen LogP contribution in [0.1, 0.15) is 15.9 Å². The number of benzene rings is 2. The van der Waals surface area contributed by atoms with Crippen LogP contribution in [0.4, 0.5) is 0 Å². The van der Waals surface area contributed by atoms with E-state index in [1.165, 1.54) is 13.2 Å². The summed E-state index contributed by atoms with van der Waals surface area (Å²) in [6.07, 6.45) is 0.602. The van der Waals surface area contributed by atoms with Crippen LogP contribution in [0.3, 0.4) is 0 Å². The van der Waals surface area contributed by atoms with Gasteiger partial charge in [0.05, 0.1) is 12.7 Å². The maximum Gasteiger partial charge on any atom is 0.349 e. The monoisotopic (exact) mass is 378 g/mol. The molecule has 0 aromatic heterocycles. The minimum absolute atomic E-state index is 0.0890. The molecule has 0 bridgehead atoms. The highest BCUT2D eigenvalue weighted by atomic mass is 79.9. The fraction of sp³-hybridized carbons (Fsp3) is 0.176. The van der Waals surface area contributed by atoms with Crippen molar-refractivity contribution < 1.29 is 23.8 Å². The summed E-state index contributed by atoms with van der Waals surface area (Å²) in [5, 5.41) is 0. The third-order valence-corrected chi connectivity index (χ3v) is 3.55.